The lowest BCUT2D eigenvalue weighted by Gasteiger charge is -2.12. The molecular formula is C23H32N3O2+. The van der Waals surface area contributed by atoms with Crippen LogP contribution in [-0.2, 0) is 13.1 Å². The van der Waals surface area contributed by atoms with Gasteiger partial charge in [0, 0.05) is 0 Å². The van der Waals surface area contributed by atoms with Gasteiger partial charge < -0.3 is 9.84 Å². The molecule has 3 aromatic rings. The summed E-state index contributed by atoms with van der Waals surface area (Å²) in [4.78, 5) is 0. The number of nitrogen functional groups attached to an aromatic ring is 1. The molecule has 28 heavy (non-hydrogen) atoms. The van der Waals surface area contributed by atoms with Crippen LogP contribution in [0.25, 0.3) is 11.0 Å². The third-order valence-electron chi connectivity index (χ3n) is 5.11. The zero-order valence-corrected chi connectivity index (χ0v) is 17.0. The molecule has 5 nitrogen and oxygen atoms in total. The van der Waals surface area contributed by atoms with Crippen LogP contribution in [-0.4, -0.2) is 22.4 Å². The van der Waals surface area contributed by atoms with Gasteiger partial charge in [0.25, 0.3) is 0 Å². The minimum atomic E-state index is -0.645. The molecule has 0 saturated heterocycles. The van der Waals surface area contributed by atoms with E-state index in [4.69, 9.17) is 10.5 Å². The molecule has 0 unspecified atom stereocenters. The predicted octanol–water partition coefficient (Wildman–Crippen LogP) is 3.84. The van der Waals surface area contributed by atoms with E-state index in [9.17, 15) is 5.11 Å². The Morgan fingerprint density at radius 3 is 2.57 bits per heavy atom. The molecule has 2 aromatic carbocycles. The lowest BCUT2D eigenvalue weighted by Crippen LogP contribution is -2.43. The maximum atomic E-state index is 10.5. The van der Waals surface area contributed by atoms with Crippen LogP contribution in [0.3, 0.4) is 0 Å². The molecule has 5 heteroatoms. The molecule has 0 bridgehead atoms. The Hall–Kier alpha value is -2.53. The fraction of sp³-hybridized carbons (Fsp3) is 0.435. The molecule has 0 aliphatic heterocycles. The fourth-order valence-electron chi connectivity index (χ4n) is 3.53. The molecule has 0 radical (unpaired) electrons. The normalized spacial score (nSPS) is 12.4. The summed E-state index contributed by atoms with van der Waals surface area (Å²) < 4.78 is 9.90. The smallest absolute Gasteiger partial charge is 0.356 e. The summed E-state index contributed by atoms with van der Waals surface area (Å²) in [5.41, 5.74) is 9.82. The number of hydrogen-bond acceptors (Lipinski definition) is 3. The first-order valence-electron chi connectivity index (χ1n) is 10.2. The third-order valence-corrected chi connectivity index (χ3v) is 5.11. The number of para-hydroxylation sites is 2. The topological polar surface area (TPSA) is 64.3 Å². The van der Waals surface area contributed by atoms with Crippen molar-refractivity contribution in [3.05, 3.63) is 54.1 Å². The molecule has 1 heterocycles. The molecule has 1 atom stereocenters. The highest BCUT2D eigenvalue weighted by Gasteiger charge is 2.22. The number of aromatic nitrogens is 2. The average molecular weight is 383 g/mol. The van der Waals surface area contributed by atoms with Crippen molar-refractivity contribution < 1.29 is 14.4 Å². The predicted molar refractivity (Wildman–Crippen MR) is 113 cm³/mol. The van der Waals surface area contributed by atoms with E-state index in [0.717, 1.165) is 29.7 Å². The van der Waals surface area contributed by atoms with Gasteiger partial charge in [-0.3, -0.25) is 5.73 Å². The van der Waals surface area contributed by atoms with Crippen molar-refractivity contribution in [1.29, 1.82) is 0 Å². The maximum absolute atomic E-state index is 10.5. The molecule has 3 rings (SSSR count). The van der Waals surface area contributed by atoms with Crippen LogP contribution in [0.1, 0.15) is 38.2 Å². The number of aliphatic hydroxyl groups excluding tert-OH is 1. The molecule has 1 aromatic heterocycles. The van der Waals surface area contributed by atoms with Crippen molar-refractivity contribution in [2.45, 2.75) is 58.7 Å². The number of aliphatic hydroxyl groups is 1. The molecular weight excluding hydrogens is 350 g/mol. The summed E-state index contributed by atoms with van der Waals surface area (Å²) in [6.07, 6.45) is 4.13. The number of nitrogens with two attached hydrogens (primary N) is 1. The highest BCUT2D eigenvalue weighted by atomic mass is 16.5. The Bertz CT molecular complexity index is 887. The van der Waals surface area contributed by atoms with Crippen LogP contribution >= 0.6 is 0 Å². The van der Waals surface area contributed by atoms with E-state index in [1.54, 1.807) is 0 Å². The minimum absolute atomic E-state index is 0.228. The molecule has 0 spiro atoms. The Balaban J connectivity index is 1.70. The number of fused-ring (bicyclic) bond motifs is 1. The summed E-state index contributed by atoms with van der Waals surface area (Å²) in [5.74, 6) is 1.45. The molecule has 0 aliphatic rings. The molecule has 0 amide bonds. The van der Waals surface area contributed by atoms with Crippen molar-refractivity contribution >= 4 is 17.0 Å². The van der Waals surface area contributed by atoms with E-state index in [1.165, 1.54) is 24.8 Å². The van der Waals surface area contributed by atoms with Gasteiger partial charge in [-0.2, -0.15) is 0 Å². The number of benzene rings is 2. The Labute approximate surface area is 167 Å². The minimum Gasteiger partial charge on any atom is -0.491 e. The highest BCUT2D eigenvalue weighted by molar-refractivity contribution is 5.73. The number of rotatable bonds is 10. The van der Waals surface area contributed by atoms with Crippen LogP contribution in [0.4, 0.5) is 5.95 Å². The van der Waals surface area contributed by atoms with Gasteiger partial charge in [0.15, 0.2) is 0 Å². The SMILES string of the molecule is CCCCCCn1c(N)[n+](C[C@@H](O)COc2ccc(C)cc2)c2ccccc21. The Morgan fingerprint density at radius 2 is 1.82 bits per heavy atom. The zero-order chi connectivity index (χ0) is 19.9. The molecule has 0 saturated carbocycles. The lowest BCUT2D eigenvalue weighted by molar-refractivity contribution is -0.665. The third kappa shape index (κ3) is 4.84. The van der Waals surface area contributed by atoms with Crippen LogP contribution in [0.2, 0.25) is 0 Å². The first-order valence-corrected chi connectivity index (χ1v) is 10.2. The second-order valence-electron chi connectivity index (χ2n) is 7.45. The van der Waals surface area contributed by atoms with Crippen molar-refractivity contribution in [2.24, 2.45) is 0 Å². The quantitative estimate of drug-likeness (QED) is 0.414. The van der Waals surface area contributed by atoms with Gasteiger partial charge in [0.2, 0.25) is 0 Å². The van der Waals surface area contributed by atoms with Crippen molar-refractivity contribution in [3.63, 3.8) is 0 Å². The zero-order valence-electron chi connectivity index (χ0n) is 17.0. The van der Waals surface area contributed by atoms with Gasteiger partial charge in [0.1, 0.15) is 36.0 Å². The standard InChI is InChI=1S/C23H31N3O2/c1-3-4-5-8-15-25-21-9-6-7-10-22(21)26(23(25)24)16-19(27)17-28-20-13-11-18(2)12-14-20/h6-7,9-14,19,24,27H,3-5,8,15-17H2,1-2H3/p+1/t19-/m1/s1. The van der Waals surface area contributed by atoms with Gasteiger partial charge in [-0.05, 0) is 37.6 Å². The van der Waals surface area contributed by atoms with Crippen LogP contribution < -0.4 is 15.0 Å². The largest absolute Gasteiger partial charge is 0.491 e. The fourth-order valence-corrected chi connectivity index (χ4v) is 3.53. The van der Waals surface area contributed by atoms with Crippen molar-refractivity contribution in [3.8, 4) is 5.75 Å². The Kier molecular flexibility index (Phi) is 6.93. The van der Waals surface area contributed by atoms with Gasteiger partial charge in [-0.1, -0.05) is 56.0 Å². The van der Waals surface area contributed by atoms with E-state index < -0.39 is 6.10 Å². The van der Waals surface area contributed by atoms with Gasteiger partial charge in [0.05, 0.1) is 6.54 Å². The first-order chi connectivity index (χ1) is 13.6. The number of unbranched alkanes of at least 4 members (excludes halogenated alkanes) is 3. The van der Waals surface area contributed by atoms with Crippen LogP contribution in [0, 0.1) is 6.92 Å². The number of imidazole rings is 1. The summed E-state index contributed by atoms with van der Waals surface area (Å²) in [6, 6.07) is 16.0. The number of aryl methyl sites for hydroxylation is 2. The van der Waals surface area contributed by atoms with Gasteiger partial charge in [-0.15, -0.1) is 0 Å². The van der Waals surface area contributed by atoms with E-state index in [0.29, 0.717) is 12.5 Å². The second kappa shape index (κ2) is 9.60. The summed E-state index contributed by atoms with van der Waals surface area (Å²) in [6.45, 7) is 5.78. The monoisotopic (exact) mass is 382 g/mol. The van der Waals surface area contributed by atoms with Gasteiger partial charge in [-0.25, -0.2) is 9.13 Å². The summed E-state index contributed by atoms with van der Waals surface area (Å²) in [7, 11) is 0. The van der Waals surface area contributed by atoms with Crippen LogP contribution in [0.5, 0.6) is 5.75 Å². The van der Waals surface area contributed by atoms with E-state index in [2.05, 4.69) is 23.6 Å². The maximum Gasteiger partial charge on any atom is 0.356 e. The first kappa shape index (κ1) is 20.2. The molecule has 3 N–H and O–H groups in total. The molecule has 150 valence electrons. The summed E-state index contributed by atoms with van der Waals surface area (Å²) >= 11 is 0. The average Bonchev–Trinajstić information content (AvgIpc) is 2.96. The van der Waals surface area contributed by atoms with Crippen molar-refractivity contribution in [2.75, 3.05) is 12.3 Å². The number of anilines is 1. The highest BCUT2D eigenvalue weighted by Crippen LogP contribution is 2.18. The lowest BCUT2D eigenvalue weighted by atomic mass is 10.2. The van der Waals surface area contributed by atoms with E-state index in [1.807, 2.05) is 47.9 Å². The number of nitrogens with zero attached hydrogens (tertiary/aromatic N) is 2. The van der Waals surface area contributed by atoms with E-state index >= 15 is 0 Å². The summed E-state index contributed by atoms with van der Waals surface area (Å²) in [5, 5.41) is 10.5. The Morgan fingerprint density at radius 1 is 1.07 bits per heavy atom. The molecule has 0 aliphatic carbocycles. The second-order valence-corrected chi connectivity index (χ2v) is 7.45. The number of ether oxygens (including phenoxy) is 1. The van der Waals surface area contributed by atoms with Crippen molar-refractivity contribution in [1.82, 2.24) is 4.57 Å². The molecule has 0 fully saturated rings. The van der Waals surface area contributed by atoms with E-state index in [-0.39, 0.29) is 6.61 Å². The van der Waals surface area contributed by atoms with Gasteiger partial charge >= 0.3 is 5.95 Å². The van der Waals surface area contributed by atoms with Crippen LogP contribution in [0.15, 0.2) is 48.5 Å². The number of hydrogen-bond donors (Lipinski definition) is 2.